The number of carbonyl (C=O) groups is 2. The van der Waals surface area contributed by atoms with E-state index in [-0.39, 0.29) is 11.9 Å². The summed E-state index contributed by atoms with van der Waals surface area (Å²) in [4.78, 5) is 33.2. The molecule has 31 heavy (non-hydrogen) atoms. The van der Waals surface area contributed by atoms with E-state index in [0.717, 1.165) is 56.9 Å². The van der Waals surface area contributed by atoms with E-state index in [2.05, 4.69) is 26.6 Å². The van der Waals surface area contributed by atoms with Crippen LogP contribution in [-0.2, 0) is 0 Å². The highest BCUT2D eigenvalue weighted by Gasteiger charge is 2.36. The van der Waals surface area contributed by atoms with Gasteiger partial charge in [-0.25, -0.2) is 4.79 Å². The van der Waals surface area contributed by atoms with E-state index in [1.807, 2.05) is 19.0 Å². The molecule has 2 saturated heterocycles. The third kappa shape index (κ3) is 5.43. The fourth-order valence-corrected chi connectivity index (χ4v) is 6.64. The number of hydrogen-bond donors (Lipinski definition) is 1. The Kier molecular flexibility index (Phi) is 7.54. The van der Waals surface area contributed by atoms with E-state index in [0.29, 0.717) is 18.5 Å². The number of amides is 3. The molecule has 0 aromatic carbocycles. The van der Waals surface area contributed by atoms with Crippen molar-refractivity contribution >= 4 is 23.3 Å². The number of likely N-dealkylation sites (N-methyl/N-ethyl adjacent to an activating group) is 1. The topological polar surface area (TPSA) is 55.9 Å². The summed E-state index contributed by atoms with van der Waals surface area (Å²) in [6, 6.07) is 2.67. The molecule has 1 saturated carbocycles. The predicted molar refractivity (Wildman–Crippen MR) is 126 cm³/mol. The average Bonchev–Trinajstić information content (AvgIpc) is 3.28. The maximum Gasteiger partial charge on any atom is 0.317 e. The lowest BCUT2D eigenvalue weighted by Crippen LogP contribution is -2.49. The Hall–Kier alpha value is -1.60. The van der Waals surface area contributed by atoms with Gasteiger partial charge in [-0.1, -0.05) is 12.8 Å². The van der Waals surface area contributed by atoms with Crippen LogP contribution in [0.5, 0.6) is 0 Å². The zero-order chi connectivity index (χ0) is 21.8. The lowest BCUT2D eigenvalue weighted by molar-refractivity contribution is 0.0391. The van der Waals surface area contributed by atoms with Crippen LogP contribution >= 0.6 is 11.3 Å². The molecule has 1 aliphatic carbocycles. The van der Waals surface area contributed by atoms with Crippen molar-refractivity contribution in [1.82, 2.24) is 20.0 Å². The van der Waals surface area contributed by atoms with Gasteiger partial charge in [-0.05, 0) is 70.5 Å². The van der Waals surface area contributed by atoms with Crippen LogP contribution in [-0.4, -0.2) is 79.5 Å². The standard InChI is InChI=1S/C24H38N4O2S/c1-26(2)15-11-25-24(30)27-13-9-19(10-14-27)22-16-20(17-31-22)23(29)28-12-5-7-18-6-3-4-8-21(18)28/h16-19,21H,3-15H2,1-2H3,(H,25,30). The fraction of sp³-hybridized carbons (Fsp3) is 0.750. The summed E-state index contributed by atoms with van der Waals surface area (Å²) < 4.78 is 0. The minimum absolute atomic E-state index is 0.0504. The quantitative estimate of drug-likeness (QED) is 0.744. The number of urea groups is 1. The molecule has 3 fully saturated rings. The first-order valence-corrected chi connectivity index (χ1v) is 13.0. The van der Waals surface area contributed by atoms with E-state index >= 15 is 0 Å². The smallest absolute Gasteiger partial charge is 0.317 e. The van der Waals surface area contributed by atoms with E-state index in [9.17, 15) is 9.59 Å². The first-order valence-electron chi connectivity index (χ1n) is 12.1. The number of hydrogen-bond acceptors (Lipinski definition) is 4. The molecule has 172 valence electrons. The highest BCUT2D eigenvalue weighted by Crippen LogP contribution is 2.37. The number of nitrogens with one attached hydrogen (secondary N) is 1. The van der Waals surface area contributed by atoms with Gasteiger partial charge in [0.1, 0.15) is 0 Å². The van der Waals surface area contributed by atoms with Gasteiger partial charge in [0.05, 0.1) is 5.56 Å². The number of piperidine rings is 2. The highest BCUT2D eigenvalue weighted by atomic mass is 32.1. The van der Waals surface area contributed by atoms with Crippen LogP contribution in [0.15, 0.2) is 11.4 Å². The van der Waals surface area contributed by atoms with E-state index < -0.39 is 0 Å². The normalized spacial score (nSPS) is 24.9. The van der Waals surface area contributed by atoms with Crippen molar-refractivity contribution < 1.29 is 9.59 Å². The van der Waals surface area contributed by atoms with Crippen LogP contribution < -0.4 is 5.32 Å². The number of carbonyl (C=O) groups excluding carboxylic acids is 2. The Labute approximate surface area is 191 Å². The maximum absolute atomic E-state index is 13.3. The molecule has 0 spiro atoms. The number of fused-ring (bicyclic) bond motifs is 1. The molecule has 1 N–H and O–H groups in total. The lowest BCUT2D eigenvalue weighted by Gasteiger charge is -2.44. The van der Waals surface area contributed by atoms with Gasteiger partial charge in [-0.3, -0.25) is 4.79 Å². The minimum Gasteiger partial charge on any atom is -0.337 e. The van der Waals surface area contributed by atoms with E-state index in [4.69, 9.17) is 0 Å². The van der Waals surface area contributed by atoms with Gasteiger partial charge in [0.2, 0.25) is 0 Å². The Morgan fingerprint density at radius 3 is 2.58 bits per heavy atom. The Balaban J connectivity index is 1.30. The van der Waals surface area contributed by atoms with Crippen LogP contribution in [0.2, 0.25) is 0 Å². The van der Waals surface area contributed by atoms with Gasteiger partial charge in [0, 0.05) is 49.0 Å². The second-order valence-corrected chi connectivity index (χ2v) is 10.7. The Morgan fingerprint density at radius 1 is 1.06 bits per heavy atom. The lowest BCUT2D eigenvalue weighted by atomic mass is 9.78. The van der Waals surface area contributed by atoms with Gasteiger partial charge in [0.25, 0.3) is 5.91 Å². The Bertz CT molecular complexity index is 755. The summed E-state index contributed by atoms with van der Waals surface area (Å²) in [5, 5.41) is 5.09. The van der Waals surface area contributed by atoms with E-state index in [1.165, 1.54) is 37.0 Å². The Morgan fingerprint density at radius 2 is 1.81 bits per heavy atom. The van der Waals surface area contributed by atoms with Crippen molar-refractivity contribution in [3.8, 4) is 0 Å². The van der Waals surface area contributed by atoms with Gasteiger partial charge in [-0.15, -0.1) is 11.3 Å². The molecule has 3 aliphatic rings. The molecule has 3 amide bonds. The number of thiophene rings is 1. The van der Waals surface area contributed by atoms with Crippen molar-refractivity contribution in [2.24, 2.45) is 5.92 Å². The van der Waals surface area contributed by atoms with Crippen molar-refractivity contribution in [3.63, 3.8) is 0 Å². The minimum atomic E-state index is 0.0504. The molecule has 4 rings (SSSR count). The number of likely N-dealkylation sites (tertiary alicyclic amines) is 2. The summed E-state index contributed by atoms with van der Waals surface area (Å²) in [7, 11) is 4.02. The second-order valence-electron chi connectivity index (χ2n) is 9.79. The van der Waals surface area contributed by atoms with Crippen LogP contribution in [0, 0.1) is 5.92 Å². The maximum atomic E-state index is 13.3. The predicted octanol–water partition coefficient (Wildman–Crippen LogP) is 3.99. The summed E-state index contributed by atoms with van der Waals surface area (Å²) in [6.07, 6.45) is 9.48. The number of nitrogens with zero attached hydrogens (tertiary/aromatic N) is 3. The molecular formula is C24H38N4O2S. The third-order valence-corrected chi connectivity index (χ3v) is 8.49. The summed E-state index contributed by atoms with van der Waals surface area (Å²) >= 11 is 1.73. The molecule has 2 atom stereocenters. The van der Waals surface area contributed by atoms with Crippen LogP contribution in [0.3, 0.4) is 0 Å². The first kappa shape index (κ1) is 22.6. The SMILES string of the molecule is CN(C)CCNC(=O)N1CCC(c2cc(C(=O)N3CCCC4CCCCC43)cs2)CC1. The van der Waals surface area contributed by atoms with Crippen LogP contribution in [0.25, 0.3) is 0 Å². The summed E-state index contributed by atoms with van der Waals surface area (Å²) in [6.45, 7) is 4.03. The molecule has 2 unspecified atom stereocenters. The molecular weight excluding hydrogens is 408 g/mol. The van der Waals surface area contributed by atoms with Crippen molar-refractivity contribution in [1.29, 1.82) is 0 Å². The molecule has 6 nitrogen and oxygen atoms in total. The molecule has 1 aromatic heterocycles. The van der Waals surface area contributed by atoms with Crippen LogP contribution in [0.1, 0.15) is 72.5 Å². The van der Waals surface area contributed by atoms with Gasteiger partial charge < -0.3 is 20.0 Å². The first-order chi connectivity index (χ1) is 15.0. The largest absolute Gasteiger partial charge is 0.337 e. The summed E-state index contributed by atoms with van der Waals surface area (Å²) in [5.74, 6) is 1.43. The zero-order valence-electron chi connectivity index (χ0n) is 19.1. The zero-order valence-corrected chi connectivity index (χ0v) is 20.0. The molecule has 2 aliphatic heterocycles. The molecule has 1 aromatic rings. The monoisotopic (exact) mass is 446 g/mol. The molecule has 7 heteroatoms. The van der Waals surface area contributed by atoms with Gasteiger partial charge in [0.15, 0.2) is 0 Å². The van der Waals surface area contributed by atoms with Crippen molar-refractivity contribution in [2.75, 3.05) is 46.8 Å². The van der Waals surface area contributed by atoms with Gasteiger partial charge in [-0.2, -0.15) is 0 Å². The highest BCUT2D eigenvalue weighted by molar-refractivity contribution is 7.10. The second kappa shape index (κ2) is 10.3. The summed E-state index contributed by atoms with van der Waals surface area (Å²) in [5.41, 5.74) is 0.884. The molecule has 0 radical (unpaired) electrons. The average molecular weight is 447 g/mol. The van der Waals surface area contributed by atoms with Crippen LogP contribution in [0.4, 0.5) is 4.79 Å². The number of rotatable bonds is 5. The van der Waals surface area contributed by atoms with Gasteiger partial charge >= 0.3 is 6.03 Å². The fourth-order valence-electron chi connectivity index (χ4n) is 5.59. The molecule has 3 heterocycles. The van der Waals surface area contributed by atoms with Crippen molar-refractivity contribution in [2.45, 2.75) is 63.3 Å². The van der Waals surface area contributed by atoms with E-state index in [1.54, 1.807) is 11.3 Å². The van der Waals surface area contributed by atoms with Crippen molar-refractivity contribution in [3.05, 3.63) is 21.9 Å². The third-order valence-electron chi connectivity index (χ3n) is 7.39. The molecule has 0 bridgehead atoms.